The summed E-state index contributed by atoms with van der Waals surface area (Å²) in [6.45, 7) is 0. The quantitative estimate of drug-likeness (QED) is 0.268. The van der Waals surface area contributed by atoms with Gasteiger partial charge in [-0.15, -0.1) is 10.2 Å². The maximum absolute atomic E-state index is 10.5. The summed E-state index contributed by atoms with van der Waals surface area (Å²) in [7, 11) is 0. The van der Waals surface area contributed by atoms with Gasteiger partial charge in [0, 0.05) is 17.7 Å². The minimum Gasteiger partial charge on any atom is -0.413 e. The Morgan fingerprint density at radius 1 is 1.39 bits per heavy atom. The van der Waals surface area contributed by atoms with Crippen LogP contribution in [0, 0.1) is 10.1 Å². The summed E-state index contributed by atoms with van der Waals surface area (Å²) < 4.78 is 5.11. The second-order valence-corrected chi connectivity index (χ2v) is 3.20. The van der Waals surface area contributed by atoms with Crippen molar-refractivity contribution < 1.29 is 14.5 Å². The molecule has 92 valence electrons. The first-order valence-corrected chi connectivity index (χ1v) is 4.68. The van der Waals surface area contributed by atoms with Gasteiger partial charge in [0.25, 0.3) is 11.6 Å². The maximum atomic E-state index is 10.5. The van der Waals surface area contributed by atoms with Crippen molar-refractivity contribution in [1.82, 2.24) is 10.2 Å². The van der Waals surface area contributed by atoms with Crippen molar-refractivity contribution in [2.24, 2.45) is 10.9 Å². The number of hydrogen-bond acceptors (Lipinski definition) is 7. The lowest BCUT2D eigenvalue weighted by Gasteiger charge is -1.94. The highest BCUT2D eigenvalue weighted by atomic mass is 16.6. The van der Waals surface area contributed by atoms with Gasteiger partial charge in [-0.2, -0.15) is 0 Å². The van der Waals surface area contributed by atoms with E-state index in [9.17, 15) is 10.1 Å². The van der Waals surface area contributed by atoms with Gasteiger partial charge < -0.3 is 15.4 Å². The molecule has 0 aliphatic carbocycles. The monoisotopic (exact) mass is 249 g/mol. The van der Waals surface area contributed by atoms with Crippen molar-refractivity contribution in [3.63, 3.8) is 0 Å². The van der Waals surface area contributed by atoms with E-state index in [1.54, 1.807) is 0 Å². The van der Waals surface area contributed by atoms with Crippen LogP contribution in [0.5, 0.6) is 0 Å². The fourth-order valence-corrected chi connectivity index (χ4v) is 1.21. The standard InChI is InChI=1S/C9H7N5O4/c10-7(13-15)9-12-11-8(18-9)5-1-3-6(4-2-5)14(16)17/h1-4,15H,(H2,10,13). The lowest BCUT2D eigenvalue weighted by atomic mass is 10.2. The van der Waals surface area contributed by atoms with Crippen LogP contribution in [0.3, 0.4) is 0 Å². The van der Waals surface area contributed by atoms with Crippen LogP contribution in [-0.2, 0) is 0 Å². The van der Waals surface area contributed by atoms with Gasteiger partial charge in [0.1, 0.15) is 0 Å². The van der Waals surface area contributed by atoms with E-state index in [1.807, 2.05) is 0 Å². The summed E-state index contributed by atoms with van der Waals surface area (Å²) >= 11 is 0. The molecule has 0 aliphatic rings. The van der Waals surface area contributed by atoms with Crippen molar-refractivity contribution in [3.8, 4) is 11.5 Å². The molecule has 0 amide bonds. The van der Waals surface area contributed by atoms with Gasteiger partial charge in [0.2, 0.25) is 11.7 Å². The van der Waals surface area contributed by atoms with Crippen LogP contribution in [0.4, 0.5) is 5.69 Å². The summed E-state index contributed by atoms with van der Waals surface area (Å²) in [5.41, 5.74) is 5.71. The third-order valence-electron chi connectivity index (χ3n) is 2.08. The van der Waals surface area contributed by atoms with Crippen molar-refractivity contribution in [2.75, 3.05) is 0 Å². The molecule has 0 atom stereocenters. The zero-order valence-corrected chi connectivity index (χ0v) is 8.85. The van der Waals surface area contributed by atoms with Crippen LogP contribution in [-0.4, -0.2) is 26.2 Å². The molecule has 0 saturated carbocycles. The second kappa shape index (κ2) is 4.49. The summed E-state index contributed by atoms with van der Waals surface area (Å²) in [5, 5.41) is 28.8. The Morgan fingerprint density at radius 3 is 2.61 bits per heavy atom. The minimum atomic E-state index is -0.514. The van der Waals surface area contributed by atoms with Gasteiger partial charge >= 0.3 is 0 Å². The number of nitro benzene ring substituents is 1. The van der Waals surface area contributed by atoms with E-state index in [-0.39, 0.29) is 23.3 Å². The summed E-state index contributed by atoms with van der Waals surface area (Å²) in [5.74, 6) is -0.326. The summed E-state index contributed by atoms with van der Waals surface area (Å²) in [6, 6.07) is 5.54. The van der Waals surface area contributed by atoms with E-state index < -0.39 is 4.92 Å². The van der Waals surface area contributed by atoms with Crippen LogP contribution >= 0.6 is 0 Å². The molecular weight excluding hydrogens is 242 g/mol. The number of amidine groups is 1. The van der Waals surface area contributed by atoms with Crippen LogP contribution < -0.4 is 5.73 Å². The van der Waals surface area contributed by atoms with Crippen molar-refractivity contribution >= 4 is 11.5 Å². The largest absolute Gasteiger partial charge is 0.413 e. The Morgan fingerprint density at radius 2 is 2.06 bits per heavy atom. The molecule has 0 spiro atoms. The molecule has 2 aromatic rings. The van der Waals surface area contributed by atoms with Crippen LogP contribution in [0.1, 0.15) is 5.89 Å². The van der Waals surface area contributed by atoms with Crippen LogP contribution in [0.2, 0.25) is 0 Å². The average molecular weight is 249 g/mol. The average Bonchev–Trinajstić information content (AvgIpc) is 2.87. The van der Waals surface area contributed by atoms with E-state index in [0.717, 1.165) is 0 Å². The highest BCUT2D eigenvalue weighted by molar-refractivity contribution is 5.92. The fraction of sp³-hybridized carbons (Fsp3) is 0. The molecule has 2 rings (SSSR count). The highest BCUT2D eigenvalue weighted by Crippen LogP contribution is 2.21. The van der Waals surface area contributed by atoms with Crippen molar-refractivity contribution in [1.29, 1.82) is 0 Å². The number of nitro groups is 1. The lowest BCUT2D eigenvalue weighted by molar-refractivity contribution is -0.384. The second-order valence-electron chi connectivity index (χ2n) is 3.20. The number of oxime groups is 1. The first-order chi connectivity index (χ1) is 8.61. The molecule has 3 N–H and O–H groups in total. The normalized spacial score (nSPS) is 11.4. The molecule has 9 heteroatoms. The van der Waals surface area contributed by atoms with Crippen molar-refractivity contribution in [3.05, 3.63) is 40.3 Å². The number of nitrogens with zero attached hydrogens (tertiary/aromatic N) is 4. The van der Waals surface area contributed by atoms with E-state index in [1.165, 1.54) is 24.3 Å². The molecule has 1 aromatic carbocycles. The Labute approximate surface area is 99.7 Å². The molecule has 0 unspecified atom stereocenters. The van der Waals surface area contributed by atoms with Crippen LogP contribution in [0.25, 0.3) is 11.5 Å². The molecule has 9 nitrogen and oxygen atoms in total. The van der Waals surface area contributed by atoms with Gasteiger partial charge in [-0.25, -0.2) is 0 Å². The predicted octanol–water partition coefficient (Wildman–Crippen LogP) is 0.739. The first kappa shape index (κ1) is 11.5. The topological polar surface area (TPSA) is 141 Å². The molecule has 0 aliphatic heterocycles. The van der Waals surface area contributed by atoms with Crippen LogP contribution in [0.15, 0.2) is 33.8 Å². The van der Waals surface area contributed by atoms with E-state index in [0.29, 0.717) is 5.56 Å². The molecule has 0 radical (unpaired) electrons. The third-order valence-corrected chi connectivity index (χ3v) is 2.08. The summed E-state index contributed by atoms with van der Waals surface area (Å²) in [6.07, 6.45) is 0. The minimum absolute atomic E-state index is 0.0464. The van der Waals surface area contributed by atoms with Crippen molar-refractivity contribution in [2.45, 2.75) is 0 Å². The number of nitrogens with two attached hydrogens (primary N) is 1. The number of rotatable bonds is 3. The van der Waals surface area contributed by atoms with Gasteiger partial charge in [0.05, 0.1) is 4.92 Å². The zero-order valence-electron chi connectivity index (χ0n) is 8.85. The molecule has 18 heavy (non-hydrogen) atoms. The number of benzene rings is 1. The SMILES string of the molecule is N/C(=N\O)c1nnc(-c2ccc([N+](=O)[O-])cc2)o1. The molecule has 0 saturated heterocycles. The number of hydrogen-bond donors (Lipinski definition) is 2. The lowest BCUT2D eigenvalue weighted by Crippen LogP contribution is -2.13. The molecule has 0 fully saturated rings. The zero-order chi connectivity index (χ0) is 13.1. The van der Waals surface area contributed by atoms with Gasteiger partial charge in [0.15, 0.2) is 0 Å². The van der Waals surface area contributed by atoms with Gasteiger partial charge in [-0.3, -0.25) is 10.1 Å². The Hall–Kier alpha value is -2.97. The Kier molecular flexibility index (Phi) is 2.87. The smallest absolute Gasteiger partial charge is 0.286 e. The Balaban J connectivity index is 2.32. The summed E-state index contributed by atoms with van der Waals surface area (Å²) in [4.78, 5) is 9.96. The van der Waals surface area contributed by atoms with Gasteiger partial charge in [-0.1, -0.05) is 5.16 Å². The number of aromatic nitrogens is 2. The Bertz CT molecular complexity index is 604. The van der Waals surface area contributed by atoms with E-state index in [4.69, 9.17) is 15.4 Å². The van der Waals surface area contributed by atoms with Gasteiger partial charge in [-0.05, 0) is 12.1 Å². The molecular formula is C9H7N5O4. The van der Waals surface area contributed by atoms with E-state index in [2.05, 4.69) is 15.4 Å². The van der Waals surface area contributed by atoms with E-state index >= 15 is 0 Å². The predicted molar refractivity (Wildman–Crippen MR) is 58.9 cm³/mol. The number of non-ortho nitro benzene ring substituents is 1. The highest BCUT2D eigenvalue weighted by Gasteiger charge is 2.13. The third kappa shape index (κ3) is 2.09. The molecule has 1 heterocycles. The maximum Gasteiger partial charge on any atom is 0.286 e. The molecule has 0 bridgehead atoms. The molecule has 1 aromatic heterocycles. The first-order valence-electron chi connectivity index (χ1n) is 4.68. The fourth-order valence-electron chi connectivity index (χ4n) is 1.21.